The molecule has 2 aliphatic heterocycles. The molecule has 0 aromatic heterocycles. The number of hydrogen-bond donors (Lipinski definition) is 1. The number of rotatable bonds is 3. The molecule has 0 amide bonds. The van der Waals surface area contributed by atoms with E-state index in [-0.39, 0.29) is 5.41 Å². The number of piperidine rings is 1. The normalized spacial score (nSPS) is 21.4. The molecular weight excluding hydrogens is 441 g/mol. The summed E-state index contributed by atoms with van der Waals surface area (Å²) in [6.45, 7) is 1.83. The number of nitrogens with zero attached hydrogens (tertiary/aromatic N) is 1. The van der Waals surface area contributed by atoms with Crippen LogP contribution < -0.4 is 28.2 Å². The first kappa shape index (κ1) is 16.6. The zero-order chi connectivity index (χ0) is 17.6. The molecule has 5 heteroatoms. The van der Waals surface area contributed by atoms with Crippen LogP contribution in [-0.4, -0.2) is 29.3 Å². The Morgan fingerprint density at radius 2 is 1.88 bits per heavy atom. The van der Waals surface area contributed by atoms with E-state index < -0.39 is 28.3 Å². The molecular formula is C21H21INO3-. The molecule has 0 radical (unpaired) electrons. The molecule has 136 valence electrons. The van der Waals surface area contributed by atoms with Crippen LogP contribution in [-0.2, 0) is 11.8 Å². The van der Waals surface area contributed by atoms with Gasteiger partial charge in [0.1, 0.15) is 0 Å². The fourth-order valence-corrected chi connectivity index (χ4v) is 5.50. The van der Waals surface area contributed by atoms with Gasteiger partial charge in [-0.1, -0.05) is 18.2 Å². The van der Waals surface area contributed by atoms with Crippen LogP contribution in [0.3, 0.4) is 0 Å². The Balaban J connectivity index is 1.25. The van der Waals surface area contributed by atoms with Crippen molar-refractivity contribution in [2.45, 2.75) is 30.9 Å². The molecule has 2 aromatic rings. The summed E-state index contributed by atoms with van der Waals surface area (Å²) in [6, 6.07) is 14.7. The number of allylic oxidation sites excluding steroid dienone is 1. The van der Waals surface area contributed by atoms with Gasteiger partial charge in [0.15, 0.2) is 0 Å². The van der Waals surface area contributed by atoms with Gasteiger partial charge in [0.05, 0.1) is 0 Å². The van der Waals surface area contributed by atoms with Gasteiger partial charge in [-0.2, -0.15) is 0 Å². The van der Waals surface area contributed by atoms with Gasteiger partial charge in [-0.15, -0.1) is 0 Å². The second kappa shape index (κ2) is 6.55. The Morgan fingerprint density at radius 3 is 2.77 bits per heavy atom. The molecule has 1 spiro atoms. The minimum absolute atomic E-state index is 0.162. The Hall–Kier alpha value is -1.57. The van der Waals surface area contributed by atoms with Crippen LogP contribution in [0.25, 0.3) is 6.08 Å². The van der Waals surface area contributed by atoms with Crippen LogP contribution in [0, 0.1) is 0 Å². The summed E-state index contributed by atoms with van der Waals surface area (Å²) in [6.07, 6.45) is 6.92. The van der Waals surface area contributed by atoms with E-state index in [1.165, 1.54) is 11.1 Å². The molecule has 2 aromatic carbocycles. The summed E-state index contributed by atoms with van der Waals surface area (Å²) in [5, 5.41) is 10.7. The minimum atomic E-state index is -0.644. The van der Waals surface area contributed by atoms with Crippen molar-refractivity contribution in [2.24, 2.45) is 0 Å². The summed E-state index contributed by atoms with van der Waals surface area (Å²) in [4.78, 5) is 2.21. The number of hydrogen-bond acceptors (Lipinski definition) is 4. The second-order valence-corrected chi connectivity index (χ2v) is 8.54. The first-order valence-electron chi connectivity index (χ1n) is 9.06. The zero-order valence-electron chi connectivity index (χ0n) is 14.4. The summed E-state index contributed by atoms with van der Waals surface area (Å²) < 4.78 is 11.0. The van der Waals surface area contributed by atoms with Crippen molar-refractivity contribution in [2.75, 3.05) is 13.1 Å². The van der Waals surface area contributed by atoms with Crippen molar-refractivity contribution in [3.63, 3.8) is 0 Å². The Morgan fingerprint density at radius 1 is 1.08 bits per heavy atom. The third kappa shape index (κ3) is 2.82. The van der Waals surface area contributed by atoms with E-state index in [4.69, 9.17) is 6.13 Å². The monoisotopic (exact) mass is 462 g/mol. The van der Waals surface area contributed by atoms with Crippen LogP contribution >= 0.6 is 0 Å². The first-order chi connectivity index (χ1) is 12.7. The van der Waals surface area contributed by atoms with E-state index in [1.807, 2.05) is 18.2 Å². The van der Waals surface area contributed by atoms with E-state index in [9.17, 15) is 5.11 Å². The third-order valence-electron chi connectivity index (χ3n) is 5.85. The number of likely N-dealkylation sites (tertiary alicyclic amines) is 1. The number of fused-ring (bicyclic) bond motifs is 3. The third-order valence-corrected chi connectivity index (χ3v) is 7.16. The molecule has 1 saturated heterocycles. The number of benzene rings is 2. The molecule has 3 aliphatic rings. The average Bonchev–Trinajstić information content (AvgIpc) is 3.28. The molecule has 1 atom stereocenters. The molecule has 2 heterocycles. The van der Waals surface area contributed by atoms with Gasteiger partial charge >= 0.3 is 147 Å². The number of aliphatic hydroxyl groups is 1. The number of halogens is 1. The van der Waals surface area contributed by atoms with E-state index in [2.05, 4.69) is 41.3 Å². The van der Waals surface area contributed by atoms with Crippen molar-refractivity contribution in [3.8, 4) is 11.5 Å². The quantitative estimate of drug-likeness (QED) is 0.667. The fraction of sp³-hybridized carbons (Fsp3) is 0.333. The molecule has 4 nitrogen and oxygen atoms in total. The van der Waals surface area contributed by atoms with Gasteiger partial charge in [0, 0.05) is 0 Å². The molecule has 26 heavy (non-hydrogen) atoms. The summed E-state index contributed by atoms with van der Waals surface area (Å²) in [5.41, 5.74) is 4.06. The van der Waals surface area contributed by atoms with E-state index >= 15 is 0 Å². The van der Waals surface area contributed by atoms with Crippen LogP contribution in [0.2, 0.25) is 0 Å². The van der Waals surface area contributed by atoms with E-state index in [0.717, 1.165) is 43.0 Å². The van der Waals surface area contributed by atoms with Crippen molar-refractivity contribution in [3.05, 3.63) is 65.2 Å². The average molecular weight is 462 g/mol. The van der Waals surface area contributed by atoms with Gasteiger partial charge < -0.3 is 0 Å². The molecule has 1 N–H and O–H groups in total. The first-order valence-corrected chi connectivity index (χ1v) is 10.8. The molecule has 0 bridgehead atoms. The van der Waals surface area contributed by atoms with Crippen molar-refractivity contribution >= 4 is 6.08 Å². The van der Waals surface area contributed by atoms with Crippen LogP contribution in [0.15, 0.2) is 48.5 Å². The van der Waals surface area contributed by atoms with E-state index in [1.54, 1.807) is 0 Å². The molecule has 1 aliphatic carbocycles. The Kier molecular flexibility index (Phi) is 4.18. The zero-order valence-corrected chi connectivity index (χ0v) is 16.6. The maximum absolute atomic E-state index is 10.7. The predicted octanol–water partition coefficient (Wildman–Crippen LogP) is 0.298. The number of aliphatic hydroxyl groups excluding tert-OH is 1. The van der Waals surface area contributed by atoms with E-state index in [0.29, 0.717) is 6.42 Å². The standard InChI is InChI=1S/C21H21INO3/c24-20(14-15-5-6-18-19(13-15)26-22-25-18)23-11-9-21(10-12-23)8-7-16-3-1-2-4-17(16)21/h1-8,13,20,24H,9-12,14H2/q-1. The predicted molar refractivity (Wildman–Crippen MR) is 95.4 cm³/mol. The summed E-state index contributed by atoms with van der Waals surface area (Å²) in [5.74, 6) is 1.66. The Labute approximate surface area is 164 Å². The topological polar surface area (TPSA) is 41.9 Å². The summed E-state index contributed by atoms with van der Waals surface area (Å²) >= 11 is -0.644. The van der Waals surface area contributed by atoms with Gasteiger partial charge in [-0.05, 0) is 0 Å². The fourth-order valence-electron chi connectivity index (χ4n) is 4.32. The van der Waals surface area contributed by atoms with Crippen molar-refractivity contribution < 1.29 is 33.3 Å². The van der Waals surface area contributed by atoms with Crippen molar-refractivity contribution in [1.82, 2.24) is 4.90 Å². The van der Waals surface area contributed by atoms with Crippen LogP contribution in [0.4, 0.5) is 0 Å². The van der Waals surface area contributed by atoms with Gasteiger partial charge in [-0.3, -0.25) is 0 Å². The van der Waals surface area contributed by atoms with Gasteiger partial charge in [0.25, 0.3) is 0 Å². The maximum atomic E-state index is 10.7. The molecule has 5 rings (SSSR count). The second-order valence-electron chi connectivity index (χ2n) is 7.30. The van der Waals surface area contributed by atoms with Crippen LogP contribution in [0.5, 0.6) is 11.5 Å². The summed E-state index contributed by atoms with van der Waals surface area (Å²) in [7, 11) is 0. The Bertz CT molecular complexity index is 858. The van der Waals surface area contributed by atoms with Gasteiger partial charge in [-0.25, -0.2) is 0 Å². The van der Waals surface area contributed by atoms with Crippen molar-refractivity contribution in [1.29, 1.82) is 0 Å². The molecule has 1 unspecified atom stereocenters. The van der Waals surface area contributed by atoms with Crippen LogP contribution in [0.1, 0.15) is 29.5 Å². The van der Waals surface area contributed by atoms with Gasteiger partial charge in [0.2, 0.25) is 0 Å². The molecule has 1 fully saturated rings. The molecule has 0 saturated carbocycles. The SMILES string of the molecule is OC(Cc1ccc2c(c1)O[I-]O2)N1CCC2(C=Cc3ccccc32)CC1.